The number of aromatic nitrogens is 2. The second-order valence-corrected chi connectivity index (χ2v) is 4.24. The van der Waals surface area contributed by atoms with Crippen LogP contribution in [0, 0.1) is 6.92 Å². The Morgan fingerprint density at radius 3 is 2.73 bits per heavy atom. The van der Waals surface area contributed by atoms with Gasteiger partial charge in [0.1, 0.15) is 5.82 Å². The van der Waals surface area contributed by atoms with Gasteiger partial charge in [0.15, 0.2) is 0 Å². The molecular weight excluding hydrogens is 252 g/mol. The molecule has 0 amide bonds. The predicted molar refractivity (Wildman–Crippen MR) is 63.7 cm³/mol. The Labute approximate surface area is 97.5 Å². The summed E-state index contributed by atoms with van der Waals surface area (Å²) in [6.45, 7) is 1.98. The largest absolute Gasteiger partial charge is 0.241 e. The van der Waals surface area contributed by atoms with Crippen LogP contribution in [0.15, 0.2) is 41.0 Å². The lowest BCUT2D eigenvalue weighted by molar-refractivity contribution is 0.939. The number of aryl methyl sites for hydroxylation is 1. The average molecular weight is 263 g/mol. The van der Waals surface area contributed by atoms with E-state index in [4.69, 9.17) is 0 Å². The van der Waals surface area contributed by atoms with Crippen molar-refractivity contribution >= 4 is 15.9 Å². The van der Waals surface area contributed by atoms with E-state index in [1.165, 1.54) is 5.56 Å². The first-order valence-corrected chi connectivity index (χ1v) is 5.57. The maximum Gasteiger partial charge on any atom is 0.132 e. The summed E-state index contributed by atoms with van der Waals surface area (Å²) in [4.78, 5) is 8.62. The molecule has 0 saturated heterocycles. The molecule has 76 valence electrons. The quantitative estimate of drug-likeness (QED) is 0.831. The van der Waals surface area contributed by atoms with Crippen molar-refractivity contribution < 1.29 is 0 Å². The zero-order chi connectivity index (χ0) is 10.7. The van der Waals surface area contributed by atoms with Crippen LogP contribution in [0.25, 0.3) is 0 Å². The van der Waals surface area contributed by atoms with Crippen molar-refractivity contribution in [1.82, 2.24) is 9.97 Å². The minimum atomic E-state index is 0.767. The fourth-order valence-corrected chi connectivity index (χ4v) is 1.82. The summed E-state index contributed by atoms with van der Waals surface area (Å²) in [5.41, 5.74) is 2.22. The molecule has 15 heavy (non-hydrogen) atoms. The maximum atomic E-state index is 4.38. The van der Waals surface area contributed by atoms with Gasteiger partial charge in [-0.05, 0) is 24.6 Å². The SMILES string of the molecule is Cc1ccnc(Cc2ccccc2Br)n1. The smallest absolute Gasteiger partial charge is 0.132 e. The Kier molecular flexibility index (Phi) is 3.11. The highest BCUT2D eigenvalue weighted by molar-refractivity contribution is 9.10. The van der Waals surface area contributed by atoms with E-state index >= 15 is 0 Å². The summed E-state index contributed by atoms with van der Waals surface area (Å²) >= 11 is 3.52. The van der Waals surface area contributed by atoms with Crippen LogP contribution >= 0.6 is 15.9 Å². The van der Waals surface area contributed by atoms with Gasteiger partial charge < -0.3 is 0 Å². The van der Waals surface area contributed by atoms with Gasteiger partial charge in [-0.15, -0.1) is 0 Å². The molecule has 2 aromatic rings. The third kappa shape index (κ3) is 2.63. The Hall–Kier alpha value is -1.22. The first-order valence-electron chi connectivity index (χ1n) is 4.77. The van der Waals surface area contributed by atoms with Crippen LogP contribution in [0.2, 0.25) is 0 Å². The normalized spacial score (nSPS) is 10.3. The summed E-state index contributed by atoms with van der Waals surface area (Å²) in [5.74, 6) is 0.863. The Balaban J connectivity index is 2.26. The number of halogens is 1. The van der Waals surface area contributed by atoms with Gasteiger partial charge in [-0.3, -0.25) is 0 Å². The van der Waals surface area contributed by atoms with Crippen LogP contribution in [-0.4, -0.2) is 9.97 Å². The number of nitrogens with zero attached hydrogens (tertiary/aromatic N) is 2. The van der Waals surface area contributed by atoms with Crippen LogP contribution in [0.1, 0.15) is 17.1 Å². The highest BCUT2D eigenvalue weighted by Gasteiger charge is 2.02. The zero-order valence-corrected chi connectivity index (χ0v) is 10.0. The highest BCUT2D eigenvalue weighted by atomic mass is 79.9. The third-order valence-corrected chi connectivity index (χ3v) is 2.92. The van der Waals surface area contributed by atoms with Gasteiger partial charge in [-0.25, -0.2) is 9.97 Å². The molecule has 0 aliphatic rings. The zero-order valence-electron chi connectivity index (χ0n) is 8.44. The molecule has 0 radical (unpaired) electrons. The van der Waals surface area contributed by atoms with E-state index in [0.29, 0.717) is 0 Å². The molecule has 2 rings (SSSR count). The molecule has 0 aliphatic carbocycles. The number of hydrogen-bond donors (Lipinski definition) is 0. The third-order valence-electron chi connectivity index (χ3n) is 2.15. The maximum absolute atomic E-state index is 4.38. The first kappa shape index (κ1) is 10.3. The number of hydrogen-bond acceptors (Lipinski definition) is 2. The van der Waals surface area contributed by atoms with Crippen molar-refractivity contribution in [3.05, 3.63) is 58.1 Å². The summed E-state index contributed by atoms with van der Waals surface area (Å²) < 4.78 is 1.11. The van der Waals surface area contributed by atoms with Crippen molar-refractivity contribution in [1.29, 1.82) is 0 Å². The fourth-order valence-electron chi connectivity index (χ4n) is 1.40. The Morgan fingerprint density at radius 1 is 1.20 bits per heavy atom. The molecule has 0 N–H and O–H groups in total. The second kappa shape index (κ2) is 4.53. The monoisotopic (exact) mass is 262 g/mol. The summed E-state index contributed by atoms with van der Waals surface area (Å²) in [6.07, 6.45) is 2.57. The molecule has 0 atom stereocenters. The topological polar surface area (TPSA) is 25.8 Å². The van der Waals surface area contributed by atoms with Crippen LogP contribution in [0.5, 0.6) is 0 Å². The molecule has 2 nitrogen and oxygen atoms in total. The van der Waals surface area contributed by atoms with Crippen LogP contribution in [0.3, 0.4) is 0 Å². The first-order chi connectivity index (χ1) is 7.25. The minimum Gasteiger partial charge on any atom is -0.241 e. The van der Waals surface area contributed by atoms with Crippen LogP contribution in [0.4, 0.5) is 0 Å². The molecule has 1 aromatic carbocycles. The molecule has 0 fully saturated rings. The molecule has 0 aliphatic heterocycles. The molecule has 1 aromatic heterocycles. The van der Waals surface area contributed by atoms with E-state index in [2.05, 4.69) is 32.0 Å². The van der Waals surface area contributed by atoms with E-state index in [9.17, 15) is 0 Å². The summed E-state index contributed by atoms with van der Waals surface area (Å²) in [7, 11) is 0. The van der Waals surface area contributed by atoms with E-state index in [1.807, 2.05) is 31.2 Å². The van der Waals surface area contributed by atoms with Crippen molar-refractivity contribution in [2.45, 2.75) is 13.3 Å². The van der Waals surface area contributed by atoms with E-state index in [-0.39, 0.29) is 0 Å². The number of rotatable bonds is 2. The average Bonchev–Trinajstić information content (AvgIpc) is 2.22. The van der Waals surface area contributed by atoms with Crippen molar-refractivity contribution in [2.75, 3.05) is 0 Å². The van der Waals surface area contributed by atoms with E-state index in [0.717, 1.165) is 22.4 Å². The molecule has 3 heteroatoms. The Morgan fingerprint density at radius 2 is 2.00 bits per heavy atom. The van der Waals surface area contributed by atoms with Crippen LogP contribution in [-0.2, 0) is 6.42 Å². The van der Waals surface area contributed by atoms with Gasteiger partial charge in [0, 0.05) is 22.8 Å². The predicted octanol–water partition coefficient (Wildman–Crippen LogP) is 3.14. The molecule has 0 saturated carbocycles. The summed E-state index contributed by atoms with van der Waals surface area (Å²) in [6, 6.07) is 10.0. The van der Waals surface area contributed by atoms with Gasteiger partial charge in [0.05, 0.1) is 0 Å². The lowest BCUT2D eigenvalue weighted by atomic mass is 10.1. The highest BCUT2D eigenvalue weighted by Crippen LogP contribution is 2.17. The molecule has 0 bridgehead atoms. The van der Waals surface area contributed by atoms with Gasteiger partial charge in [0.2, 0.25) is 0 Å². The van der Waals surface area contributed by atoms with E-state index in [1.54, 1.807) is 6.20 Å². The molecule has 1 heterocycles. The van der Waals surface area contributed by atoms with Crippen molar-refractivity contribution in [2.24, 2.45) is 0 Å². The van der Waals surface area contributed by atoms with Gasteiger partial charge in [-0.1, -0.05) is 34.1 Å². The Bertz CT molecular complexity index is 469. The van der Waals surface area contributed by atoms with Gasteiger partial charge >= 0.3 is 0 Å². The second-order valence-electron chi connectivity index (χ2n) is 3.38. The van der Waals surface area contributed by atoms with Crippen molar-refractivity contribution in [3.8, 4) is 0 Å². The standard InChI is InChI=1S/C12H11BrN2/c1-9-6-7-14-12(15-9)8-10-4-2-3-5-11(10)13/h2-7H,8H2,1H3. The lowest BCUT2D eigenvalue weighted by Crippen LogP contribution is -1.97. The summed E-state index contributed by atoms with van der Waals surface area (Å²) in [5, 5.41) is 0. The lowest BCUT2D eigenvalue weighted by Gasteiger charge is -2.03. The molecular formula is C12H11BrN2. The fraction of sp³-hybridized carbons (Fsp3) is 0.167. The molecule has 0 unspecified atom stereocenters. The van der Waals surface area contributed by atoms with E-state index < -0.39 is 0 Å². The van der Waals surface area contributed by atoms with Crippen LogP contribution < -0.4 is 0 Å². The number of benzene rings is 1. The van der Waals surface area contributed by atoms with Gasteiger partial charge in [-0.2, -0.15) is 0 Å². The molecule has 0 spiro atoms. The van der Waals surface area contributed by atoms with Crippen molar-refractivity contribution in [3.63, 3.8) is 0 Å². The minimum absolute atomic E-state index is 0.767. The van der Waals surface area contributed by atoms with Gasteiger partial charge in [0.25, 0.3) is 0 Å².